The number of amides is 1. The average molecular weight is 280 g/mol. The molecule has 0 aliphatic rings. The number of ether oxygens (including phenoxy) is 2. The van der Waals surface area contributed by atoms with Gasteiger partial charge in [0, 0.05) is 19.7 Å². The highest BCUT2D eigenvalue weighted by Crippen LogP contribution is 2.11. The highest BCUT2D eigenvalue weighted by atomic mass is 16.5. The lowest BCUT2D eigenvalue weighted by Gasteiger charge is -2.13. The van der Waals surface area contributed by atoms with Gasteiger partial charge in [0.15, 0.2) is 6.61 Å². The summed E-state index contributed by atoms with van der Waals surface area (Å²) in [5.41, 5.74) is 1.19. The van der Waals surface area contributed by atoms with Crippen LogP contribution in [-0.2, 0) is 16.1 Å². The molecule has 5 heteroatoms. The van der Waals surface area contributed by atoms with Crippen molar-refractivity contribution in [1.29, 1.82) is 0 Å². The van der Waals surface area contributed by atoms with Crippen LogP contribution in [0.5, 0.6) is 5.75 Å². The molecule has 0 bridgehead atoms. The monoisotopic (exact) mass is 280 g/mol. The molecule has 20 heavy (non-hydrogen) atoms. The standard InChI is InChI=1S/C15H24N2O3/c1-4-16-9-13-5-7-14(8-6-13)20-11-15(18)17-12(2)10-19-3/h5-8,12,16H,4,9-11H2,1-3H3,(H,17,18). The van der Waals surface area contributed by atoms with Crippen LogP contribution in [0, 0.1) is 0 Å². The van der Waals surface area contributed by atoms with Gasteiger partial charge in [-0.1, -0.05) is 19.1 Å². The highest BCUT2D eigenvalue weighted by molar-refractivity contribution is 5.77. The molecule has 0 spiro atoms. The van der Waals surface area contributed by atoms with Gasteiger partial charge in [-0.25, -0.2) is 0 Å². The van der Waals surface area contributed by atoms with Gasteiger partial charge in [-0.3, -0.25) is 4.79 Å². The van der Waals surface area contributed by atoms with E-state index in [0.717, 1.165) is 13.1 Å². The van der Waals surface area contributed by atoms with Crippen molar-refractivity contribution < 1.29 is 14.3 Å². The van der Waals surface area contributed by atoms with Crippen molar-refractivity contribution in [2.45, 2.75) is 26.4 Å². The highest BCUT2D eigenvalue weighted by Gasteiger charge is 2.07. The molecule has 0 aliphatic heterocycles. The molecule has 0 saturated carbocycles. The molecule has 5 nitrogen and oxygen atoms in total. The maximum Gasteiger partial charge on any atom is 0.258 e. The summed E-state index contributed by atoms with van der Waals surface area (Å²) in [7, 11) is 1.61. The fourth-order valence-corrected chi connectivity index (χ4v) is 1.73. The number of carbonyl (C=O) groups is 1. The molecule has 1 aromatic carbocycles. The van der Waals surface area contributed by atoms with Gasteiger partial charge in [-0.05, 0) is 31.2 Å². The molecule has 1 rings (SSSR count). The molecule has 1 unspecified atom stereocenters. The maximum atomic E-state index is 11.6. The van der Waals surface area contributed by atoms with Gasteiger partial charge in [0.1, 0.15) is 5.75 Å². The normalized spacial score (nSPS) is 11.9. The van der Waals surface area contributed by atoms with Gasteiger partial charge < -0.3 is 20.1 Å². The fourth-order valence-electron chi connectivity index (χ4n) is 1.73. The van der Waals surface area contributed by atoms with Gasteiger partial charge in [0.05, 0.1) is 6.61 Å². The minimum Gasteiger partial charge on any atom is -0.484 e. The molecular weight excluding hydrogens is 256 g/mol. The van der Waals surface area contributed by atoms with Crippen molar-refractivity contribution in [1.82, 2.24) is 10.6 Å². The minimum atomic E-state index is -0.147. The molecule has 2 N–H and O–H groups in total. The summed E-state index contributed by atoms with van der Waals surface area (Å²) < 4.78 is 10.4. The first kappa shape index (κ1) is 16.5. The number of hydrogen-bond acceptors (Lipinski definition) is 4. The lowest BCUT2D eigenvalue weighted by Crippen LogP contribution is -2.38. The number of methoxy groups -OCH3 is 1. The predicted molar refractivity (Wildman–Crippen MR) is 78.8 cm³/mol. The second-order valence-electron chi connectivity index (χ2n) is 4.64. The molecular formula is C15H24N2O3. The van der Waals surface area contributed by atoms with Gasteiger partial charge in [0.2, 0.25) is 0 Å². The summed E-state index contributed by atoms with van der Waals surface area (Å²) in [6.07, 6.45) is 0. The Bertz CT molecular complexity index is 393. The third kappa shape index (κ3) is 6.54. The van der Waals surface area contributed by atoms with Gasteiger partial charge in [-0.2, -0.15) is 0 Å². The zero-order valence-corrected chi connectivity index (χ0v) is 12.4. The second kappa shape index (κ2) is 9.34. The molecule has 0 aliphatic carbocycles. The summed E-state index contributed by atoms with van der Waals surface area (Å²) in [6, 6.07) is 7.71. The number of rotatable bonds is 9. The molecule has 1 amide bonds. The van der Waals surface area contributed by atoms with Crippen molar-refractivity contribution in [3.8, 4) is 5.75 Å². The SMILES string of the molecule is CCNCc1ccc(OCC(=O)NC(C)COC)cc1. The van der Waals surface area contributed by atoms with Crippen molar-refractivity contribution in [2.75, 3.05) is 26.9 Å². The predicted octanol–water partition coefficient (Wildman–Crippen LogP) is 1.33. The van der Waals surface area contributed by atoms with E-state index in [1.54, 1.807) is 7.11 Å². The Morgan fingerprint density at radius 1 is 1.30 bits per heavy atom. The van der Waals surface area contributed by atoms with Crippen molar-refractivity contribution >= 4 is 5.91 Å². The zero-order valence-electron chi connectivity index (χ0n) is 12.4. The Balaban J connectivity index is 2.32. The molecule has 1 atom stereocenters. The molecule has 0 aromatic heterocycles. The van der Waals surface area contributed by atoms with E-state index in [-0.39, 0.29) is 18.6 Å². The van der Waals surface area contributed by atoms with E-state index in [1.165, 1.54) is 5.56 Å². The quantitative estimate of drug-likeness (QED) is 0.716. The largest absolute Gasteiger partial charge is 0.484 e. The fraction of sp³-hybridized carbons (Fsp3) is 0.533. The van der Waals surface area contributed by atoms with Gasteiger partial charge in [-0.15, -0.1) is 0 Å². The van der Waals surface area contributed by atoms with Gasteiger partial charge >= 0.3 is 0 Å². The third-order valence-electron chi connectivity index (χ3n) is 2.70. The van der Waals surface area contributed by atoms with E-state index in [2.05, 4.69) is 17.6 Å². The van der Waals surface area contributed by atoms with Crippen LogP contribution < -0.4 is 15.4 Å². The summed E-state index contributed by atoms with van der Waals surface area (Å²) in [5, 5.41) is 6.04. The summed E-state index contributed by atoms with van der Waals surface area (Å²) in [4.78, 5) is 11.6. The topological polar surface area (TPSA) is 59.6 Å². The van der Waals surface area contributed by atoms with Crippen LogP contribution in [0.1, 0.15) is 19.4 Å². The Hall–Kier alpha value is -1.59. The van der Waals surface area contributed by atoms with Crippen LogP contribution in [-0.4, -0.2) is 38.8 Å². The van der Waals surface area contributed by atoms with E-state index in [9.17, 15) is 4.79 Å². The second-order valence-corrected chi connectivity index (χ2v) is 4.64. The lowest BCUT2D eigenvalue weighted by atomic mass is 10.2. The van der Waals surface area contributed by atoms with Crippen molar-refractivity contribution in [3.05, 3.63) is 29.8 Å². The van der Waals surface area contributed by atoms with Crippen LogP contribution in [0.4, 0.5) is 0 Å². The van der Waals surface area contributed by atoms with Crippen molar-refractivity contribution in [2.24, 2.45) is 0 Å². The Morgan fingerprint density at radius 3 is 2.60 bits per heavy atom. The zero-order chi connectivity index (χ0) is 14.8. The minimum absolute atomic E-state index is 0.0145. The Labute approximate surface area is 120 Å². The number of nitrogens with one attached hydrogen (secondary N) is 2. The van der Waals surface area contributed by atoms with E-state index in [1.807, 2.05) is 31.2 Å². The van der Waals surface area contributed by atoms with Crippen LogP contribution in [0.25, 0.3) is 0 Å². The molecule has 0 fully saturated rings. The lowest BCUT2D eigenvalue weighted by molar-refractivity contribution is -0.124. The molecule has 0 saturated heterocycles. The van der Waals surface area contributed by atoms with E-state index in [4.69, 9.17) is 9.47 Å². The maximum absolute atomic E-state index is 11.6. The van der Waals surface area contributed by atoms with E-state index < -0.39 is 0 Å². The molecule has 112 valence electrons. The van der Waals surface area contributed by atoms with Crippen LogP contribution in [0.2, 0.25) is 0 Å². The first-order chi connectivity index (χ1) is 9.65. The average Bonchev–Trinajstić information content (AvgIpc) is 2.44. The van der Waals surface area contributed by atoms with Crippen LogP contribution >= 0.6 is 0 Å². The van der Waals surface area contributed by atoms with Gasteiger partial charge in [0.25, 0.3) is 5.91 Å². The smallest absolute Gasteiger partial charge is 0.258 e. The molecule has 0 heterocycles. The summed E-state index contributed by atoms with van der Waals surface area (Å²) >= 11 is 0. The molecule has 0 radical (unpaired) electrons. The number of carbonyl (C=O) groups excluding carboxylic acids is 1. The first-order valence-corrected chi connectivity index (χ1v) is 6.86. The summed E-state index contributed by atoms with van der Waals surface area (Å²) in [5.74, 6) is 0.547. The Morgan fingerprint density at radius 2 is 2.00 bits per heavy atom. The first-order valence-electron chi connectivity index (χ1n) is 6.86. The summed E-state index contributed by atoms with van der Waals surface area (Å²) in [6.45, 7) is 6.24. The van der Waals surface area contributed by atoms with Crippen molar-refractivity contribution in [3.63, 3.8) is 0 Å². The van der Waals surface area contributed by atoms with E-state index >= 15 is 0 Å². The van der Waals surface area contributed by atoms with E-state index in [0.29, 0.717) is 12.4 Å². The molecule has 1 aromatic rings. The number of hydrogen-bond donors (Lipinski definition) is 2. The van der Waals surface area contributed by atoms with Crippen LogP contribution in [0.15, 0.2) is 24.3 Å². The van der Waals surface area contributed by atoms with Crippen LogP contribution in [0.3, 0.4) is 0 Å². The number of benzene rings is 1. The third-order valence-corrected chi connectivity index (χ3v) is 2.70. The Kier molecular flexibility index (Phi) is 7.69.